The van der Waals surface area contributed by atoms with E-state index < -0.39 is 0 Å². The first-order chi connectivity index (χ1) is 9.71. The second-order valence-electron chi connectivity index (χ2n) is 5.48. The molecule has 106 valence electrons. The van der Waals surface area contributed by atoms with Gasteiger partial charge in [0.05, 0.1) is 11.2 Å². The third kappa shape index (κ3) is 2.78. The van der Waals surface area contributed by atoms with Crippen molar-refractivity contribution in [3.05, 3.63) is 35.3 Å². The molecule has 1 heterocycles. The summed E-state index contributed by atoms with van der Waals surface area (Å²) in [5.74, 6) is 0. The van der Waals surface area contributed by atoms with Gasteiger partial charge in [0, 0.05) is 15.8 Å². The molecule has 1 saturated carbocycles. The SMILES string of the molecule is CSc1ccc(-c2nc(C3(N)CCCCC3)cs2)cc1. The van der Waals surface area contributed by atoms with E-state index in [1.807, 2.05) is 0 Å². The zero-order chi connectivity index (χ0) is 14.0. The molecule has 0 amide bonds. The molecule has 1 aromatic heterocycles. The van der Waals surface area contributed by atoms with Gasteiger partial charge in [0.25, 0.3) is 0 Å². The van der Waals surface area contributed by atoms with Crippen molar-refractivity contribution in [1.29, 1.82) is 0 Å². The molecular weight excluding hydrogens is 284 g/mol. The molecule has 1 aliphatic carbocycles. The number of thioether (sulfide) groups is 1. The summed E-state index contributed by atoms with van der Waals surface area (Å²) in [5.41, 5.74) is 8.65. The molecular formula is C16H20N2S2. The van der Waals surface area contributed by atoms with Gasteiger partial charge in [-0.1, -0.05) is 31.4 Å². The maximum absolute atomic E-state index is 6.56. The molecule has 0 radical (unpaired) electrons. The molecule has 4 heteroatoms. The minimum absolute atomic E-state index is 0.188. The van der Waals surface area contributed by atoms with Crippen molar-refractivity contribution in [1.82, 2.24) is 4.98 Å². The van der Waals surface area contributed by atoms with Crippen LogP contribution in [-0.4, -0.2) is 11.2 Å². The van der Waals surface area contributed by atoms with Crippen molar-refractivity contribution >= 4 is 23.1 Å². The van der Waals surface area contributed by atoms with Crippen LogP contribution in [0.5, 0.6) is 0 Å². The van der Waals surface area contributed by atoms with E-state index in [-0.39, 0.29) is 5.54 Å². The third-order valence-corrected chi connectivity index (χ3v) is 5.73. The van der Waals surface area contributed by atoms with Crippen molar-refractivity contribution < 1.29 is 0 Å². The molecule has 1 aliphatic rings. The standard InChI is InChI=1S/C16H20N2S2/c1-19-13-7-5-12(6-8-13)15-18-14(11-20-15)16(17)9-3-2-4-10-16/h5-8,11H,2-4,9-10,17H2,1H3. The number of nitrogens with zero attached hydrogens (tertiary/aromatic N) is 1. The van der Waals surface area contributed by atoms with Crippen LogP contribution < -0.4 is 5.73 Å². The lowest BCUT2D eigenvalue weighted by Crippen LogP contribution is -2.38. The summed E-state index contributed by atoms with van der Waals surface area (Å²) in [5, 5.41) is 3.24. The Morgan fingerprint density at radius 2 is 1.85 bits per heavy atom. The molecule has 2 N–H and O–H groups in total. The molecule has 0 atom stereocenters. The van der Waals surface area contributed by atoms with Crippen LogP contribution in [0.2, 0.25) is 0 Å². The Bertz CT molecular complexity index is 568. The van der Waals surface area contributed by atoms with Crippen LogP contribution in [-0.2, 0) is 5.54 Å². The van der Waals surface area contributed by atoms with Crippen LogP contribution in [0.15, 0.2) is 34.5 Å². The Morgan fingerprint density at radius 3 is 2.50 bits per heavy atom. The summed E-state index contributed by atoms with van der Waals surface area (Å²) in [7, 11) is 0. The highest BCUT2D eigenvalue weighted by atomic mass is 32.2. The van der Waals surface area contributed by atoms with Gasteiger partial charge in [-0.2, -0.15) is 0 Å². The molecule has 0 saturated heterocycles. The molecule has 20 heavy (non-hydrogen) atoms. The van der Waals surface area contributed by atoms with Crippen molar-refractivity contribution in [3.63, 3.8) is 0 Å². The first-order valence-corrected chi connectivity index (χ1v) is 9.21. The molecule has 0 spiro atoms. The van der Waals surface area contributed by atoms with Gasteiger partial charge in [0.15, 0.2) is 0 Å². The van der Waals surface area contributed by atoms with Crippen molar-refractivity contribution in [2.24, 2.45) is 5.73 Å². The largest absolute Gasteiger partial charge is 0.320 e. The number of benzene rings is 1. The molecule has 2 aromatic rings. The van der Waals surface area contributed by atoms with E-state index in [0.29, 0.717) is 0 Å². The summed E-state index contributed by atoms with van der Waals surface area (Å²) >= 11 is 3.47. The molecule has 0 bridgehead atoms. The number of hydrogen-bond donors (Lipinski definition) is 1. The van der Waals surface area contributed by atoms with E-state index in [1.54, 1.807) is 23.1 Å². The van der Waals surface area contributed by atoms with Crippen LogP contribution in [0, 0.1) is 0 Å². The van der Waals surface area contributed by atoms with Crippen LogP contribution in [0.25, 0.3) is 10.6 Å². The Hall–Kier alpha value is -0.840. The third-order valence-electron chi connectivity index (χ3n) is 4.10. The lowest BCUT2D eigenvalue weighted by atomic mass is 9.81. The van der Waals surface area contributed by atoms with Gasteiger partial charge in [-0.15, -0.1) is 23.1 Å². The average Bonchev–Trinajstić information content (AvgIpc) is 2.99. The topological polar surface area (TPSA) is 38.9 Å². The lowest BCUT2D eigenvalue weighted by Gasteiger charge is -2.31. The Kier molecular flexibility index (Phi) is 4.15. The van der Waals surface area contributed by atoms with Crippen LogP contribution in [0.1, 0.15) is 37.8 Å². The van der Waals surface area contributed by atoms with E-state index in [2.05, 4.69) is 35.9 Å². The van der Waals surface area contributed by atoms with E-state index in [0.717, 1.165) is 23.5 Å². The Labute approximate surface area is 128 Å². The summed E-state index contributed by atoms with van der Waals surface area (Å²) in [6.45, 7) is 0. The Morgan fingerprint density at radius 1 is 1.15 bits per heavy atom. The fourth-order valence-corrected chi connectivity index (χ4v) is 4.15. The minimum Gasteiger partial charge on any atom is -0.320 e. The van der Waals surface area contributed by atoms with E-state index in [1.165, 1.54) is 29.7 Å². The number of hydrogen-bond acceptors (Lipinski definition) is 4. The highest BCUT2D eigenvalue weighted by molar-refractivity contribution is 7.98. The fourth-order valence-electron chi connectivity index (χ4n) is 2.81. The molecule has 0 aliphatic heterocycles. The summed E-state index contributed by atoms with van der Waals surface area (Å²) in [4.78, 5) is 6.10. The van der Waals surface area contributed by atoms with Gasteiger partial charge in [-0.05, 0) is 31.2 Å². The summed E-state index contributed by atoms with van der Waals surface area (Å²) in [6, 6.07) is 8.61. The second kappa shape index (κ2) is 5.88. The summed E-state index contributed by atoms with van der Waals surface area (Å²) < 4.78 is 0. The molecule has 0 unspecified atom stereocenters. The maximum atomic E-state index is 6.56. The maximum Gasteiger partial charge on any atom is 0.123 e. The van der Waals surface area contributed by atoms with Gasteiger partial charge in [-0.3, -0.25) is 0 Å². The van der Waals surface area contributed by atoms with Gasteiger partial charge < -0.3 is 5.73 Å². The smallest absolute Gasteiger partial charge is 0.123 e. The van der Waals surface area contributed by atoms with E-state index >= 15 is 0 Å². The van der Waals surface area contributed by atoms with Gasteiger partial charge in [0.2, 0.25) is 0 Å². The van der Waals surface area contributed by atoms with Crippen molar-refractivity contribution in [3.8, 4) is 10.6 Å². The highest BCUT2D eigenvalue weighted by Gasteiger charge is 2.31. The number of rotatable bonds is 3. The highest BCUT2D eigenvalue weighted by Crippen LogP contribution is 2.37. The van der Waals surface area contributed by atoms with E-state index in [9.17, 15) is 0 Å². The fraction of sp³-hybridized carbons (Fsp3) is 0.438. The lowest BCUT2D eigenvalue weighted by molar-refractivity contribution is 0.296. The number of nitrogens with two attached hydrogens (primary N) is 1. The second-order valence-corrected chi connectivity index (χ2v) is 7.22. The van der Waals surface area contributed by atoms with Crippen LogP contribution in [0.4, 0.5) is 0 Å². The predicted octanol–water partition coefficient (Wildman–Crippen LogP) is 4.65. The quantitative estimate of drug-likeness (QED) is 0.839. The zero-order valence-electron chi connectivity index (χ0n) is 11.8. The zero-order valence-corrected chi connectivity index (χ0v) is 13.4. The predicted molar refractivity (Wildman–Crippen MR) is 88.3 cm³/mol. The molecule has 1 fully saturated rings. The molecule has 2 nitrogen and oxygen atoms in total. The van der Waals surface area contributed by atoms with Crippen molar-refractivity contribution in [2.45, 2.75) is 42.5 Å². The first kappa shape index (κ1) is 14.1. The molecule has 3 rings (SSSR count). The van der Waals surface area contributed by atoms with E-state index in [4.69, 9.17) is 10.7 Å². The summed E-state index contributed by atoms with van der Waals surface area (Å²) in [6.07, 6.45) is 8.00. The van der Waals surface area contributed by atoms with Crippen molar-refractivity contribution in [2.75, 3.05) is 6.26 Å². The van der Waals surface area contributed by atoms with Gasteiger partial charge in [0.1, 0.15) is 5.01 Å². The average molecular weight is 304 g/mol. The Balaban J connectivity index is 1.85. The monoisotopic (exact) mass is 304 g/mol. The van der Waals surface area contributed by atoms with Crippen LogP contribution in [0.3, 0.4) is 0 Å². The normalized spacial score (nSPS) is 18.1. The van der Waals surface area contributed by atoms with Gasteiger partial charge >= 0.3 is 0 Å². The number of aromatic nitrogens is 1. The van der Waals surface area contributed by atoms with Crippen LogP contribution >= 0.6 is 23.1 Å². The molecule has 1 aromatic carbocycles. The number of thiazole rings is 1. The minimum atomic E-state index is -0.188. The van der Waals surface area contributed by atoms with Gasteiger partial charge in [-0.25, -0.2) is 4.98 Å². The first-order valence-electron chi connectivity index (χ1n) is 7.11.